The van der Waals surface area contributed by atoms with Crippen LogP contribution >= 0.6 is 0 Å². The first-order chi connectivity index (χ1) is 14.9. The summed E-state index contributed by atoms with van der Waals surface area (Å²) in [5.41, 5.74) is 1.75. The molecule has 0 aliphatic carbocycles. The minimum atomic E-state index is -0.526. The molecule has 1 aromatic heterocycles. The largest absolute Gasteiger partial charge is 0.444 e. The monoisotopic (exact) mass is 427 g/mol. The summed E-state index contributed by atoms with van der Waals surface area (Å²) in [5.74, 6) is 1.05. The van der Waals surface area contributed by atoms with Crippen LogP contribution in [-0.2, 0) is 11.2 Å². The van der Waals surface area contributed by atoms with Crippen LogP contribution in [-0.4, -0.2) is 33.3 Å². The Morgan fingerprint density at radius 1 is 1.13 bits per heavy atom. The van der Waals surface area contributed by atoms with Crippen LogP contribution < -0.4 is 0 Å². The number of carbonyl (C=O) groups excluding carboxylic acids is 1. The van der Waals surface area contributed by atoms with E-state index in [0.717, 1.165) is 24.8 Å². The second kappa shape index (κ2) is 10.8. The summed E-state index contributed by atoms with van der Waals surface area (Å²) in [5, 5.41) is 4.17. The number of benzene rings is 1. The first-order valence-corrected chi connectivity index (χ1v) is 11.8. The van der Waals surface area contributed by atoms with Gasteiger partial charge in [-0.3, -0.25) is 4.90 Å². The number of hydrogen-bond donors (Lipinski definition) is 0. The van der Waals surface area contributed by atoms with E-state index in [4.69, 9.17) is 9.26 Å². The quantitative estimate of drug-likeness (QED) is 0.416. The van der Waals surface area contributed by atoms with E-state index in [0.29, 0.717) is 18.3 Å². The average molecular weight is 428 g/mol. The maximum Gasteiger partial charge on any atom is 0.410 e. The van der Waals surface area contributed by atoms with E-state index in [1.54, 1.807) is 4.90 Å². The topological polar surface area (TPSA) is 68.5 Å². The van der Waals surface area contributed by atoms with Gasteiger partial charge in [-0.25, -0.2) is 4.79 Å². The number of nitrogens with zero attached hydrogens (tertiary/aromatic N) is 3. The molecule has 170 valence electrons. The molecular weight excluding hydrogens is 390 g/mol. The molecule has 1 aliphatic heterocycles. The van der Waals surface area contributed by atoms with Gasteiger partial charge in [-0.05, 0) is 52.0 Å². The zero-order valence-corrected chi connectivity index (χ0v) is 19.5. The van der Waals surface area contributed by atoms with E-state index in [1.807, 2.05) is 20.8 Å². The van der Waals surface area contributed by atoms with Crippen LogP contribution in [0.15, 0.2) is 28.8 Å². The Labute approximate surface area is 186 Å². The molecule has 2 aromatic rings. The van der Waals surface area contributed by atoms with Crippen molar-refractivity contribution in [2.45, 2.75) is 97.1 Å². The van der Waals surface area contributed by atoms with Crippen LogP contribution in [0.25, 0.3) is 11.4 Å². The van der Waals surface area contributed by atoms with Crippen molar-refractivity contribution in [2.24, 2.45) is 0 Å². The summed E-state index contributed by atoms with van der Waals surface area (Å²) >= 11 is 0. The predicted molar refractivity (Wildman–Crippen MR) is 122 cm³/mol. The third kappa shape index (κ3) is 6.81. The molecule has 1 aromatic carbocycles. The number of ether oxygens (including phenoxy) is 1. The molecule has 1 fully saturated rings. The maximum absolute atomic E-state index is 12.5. The second-order valence-electron chi connectivity index (χ2n) is 9.50. The fourth-order valence-electron chi connectivity index (χ4n) is 3.98. The lowest BCUT2D eigenvalue weighted by Crippen LogP contribution is -2.36. The first-order valence-electron chi connectivity index (χ1n) is 11.8. The molecule has 31 heavy (non-hydrogen) atoms. The minimum absolute atomic E-state index is 0.219. The molecule has 1 amide bonds. The molecule has 0 saturated carbocycles. The van der Waals surface area contributed by atoms with Gasteiger partial charge in [-0.1, -0.05) is 68.4 Å². The Morgan fingerprint density at radius 2 is 1.84 bits per heavy atom. The fraction of sp³-hybridized carbons (Fsp3) is 0.640. The van der Waals surface area contributed by atoms with Crippen LogP contribution in [0.1, 0.15) is 96.6 Å². The molecule has 0 bridgehead atoms. The molecule has 0 N–H and O–H groups in total. The smallest absolute Gasteiger partial charge is 0.410 e. The highest BCUT2D eigenvalue weighted by Crippen LogP contribution is 2.33. The zero-order valence-electron chi connectivity index (χ0n) is 19.5. The Kier molecular flexibility index (Phi) is 8.10. The highest BCUT2D eigenvalue weighted by molar-refractivity contribution is 5.69. The van der Waals surface area contributed by atoms with Crippen molar-refractivity contribution >= 4 is 6.09 Å². The van der Waals surface area contributed by atoms with Crippen molar-refractivity contribution in [1.29, 1.82) is 0 Å². The van der Waals surface area contributed by atoms with Gasteiger partial charge in [0, 0.05) is 12.1 Å². The summed E-state index contributed by atoms with van der Waals surface area (Å²) in [6, 6.07) is 8.20. The second-order valence-corrected chi connectivity index (χ2v) is 9.50. The van der Waals surface area contributed by atoms with Crippen LogP contribution in [0, 0.1) is 0 Å². The van der Waals surface area contributed by atoms with Crippen LogP contribution in [0.4, 0.5) is 4.79 Å². The van der Waals surface area contributed by atoms with Crippen LogP contribution in [0.5, 0.6) is 0 Å². The van der Waals surface area contributed by atoms with Crippen molar-refractivity contribution in [3.8, 4) is 11.4 Å². The molecule has 0 unspecified atom stereocenters. The number of hydrogen-bond acceptors (Lipinski definition) is 5. The van der Waals surface area contributed by atoms with Crippen LogP contribution in [0.3, 0.4) is 0 Å². The van der Waals surface area contributed by atoms with Gasteiger partial charge in [-0.2, -0.15) is 4.98 Å². The number of carbonyl (C=O) groups is 1. The molecule has 1 atom stereocenters. The van der Waals surface area contributed by atoms with Gasteiger partial charge >= 0.3 is 6.09 Å². The predicted octanol–water partition coefficient (Wildman–Crippen LogP) is 6.71. The summed E-state index contributed by atoms with van der Waals surface area (Å²) in [4.78, 5) is 18.8. The molecule has 1 aliphatic rings. The van der Waals surface area contributed by atoms with Gasteiger partial charge in [0.2, 0.25) is 11.7 Å². The molecule has 3 rings (SSSR count). The van der Waals surface area contributed by atoms with E-state index in [-0.39, 0.29) is 12.1 Å². The molecule has 6 nitrogen and oxygen atoms in total. The highest BCUT2D eigenvalue weighted by atomic mass is 16.6. The summed E-state index contributed by atoms with van der Waals surface area (Å²) in [6.07, 6.45) is 10.3. The number of rotatable bonds is 9. The minimum Gasteiger partial charge on any atom is -0.444 e. The van der Waals surface area contributed by atoms with Gasteiger partial charge in [0.25, 0.3) is 0 Å². The fourth-order valence-corrected chi connectivity index (χ4v) is 3.98. The van der Waals surface area contributed by atoms with Crippen molar-refractivity contribution in [3.05, 3.63) is 35.7 Å². The number of likely N-dealkylation sites (tertiary alicyclic amines) is 1. The van der Waals surface area contributed by atoms with Gasteiger partial charge < -0.3 is 9.26 Å². The van der Waals surface area contributed by atoms with Crippen molar-refractivity contribution in [3.63, 3.8) is 0 Å². The molecule has 6 heteroatoms. The molecule has 0 spiro atoms. The summed E-state index contributed by atoms with van der Waals surface area (Å²) < 4.78 is 11.1. The lowest BCUT2D eigenvalue weighted by molar-refractivity contribution is 0.0199. The Morgan fingerprint density at radius 3 is 2.55 bits per heavy atom. The number of unbranched alkanes of at least 4 members (excludes halogenated alkanes) is 5. The van der Waals surface area contributed by atoms with Crippen molar-refractivity contribution < 1.29 is 14.1 Å². The van der Waals surface area contributed by atoms with Gasteiger partial charge in [0.15, 0.2) is 0 Å². The Hall–Kier alpha value is -2.37. The number of amides is 1. The summed E-state index contributed by atoms with van der Waals surface area (Å²) in [7, 11) is 0. The standard InChI is InChI=1S/C25H37N3O3/c1-5-6-7-8-9-10-12-19-14-16-20(17-15-19)22-26-23(31-27-22)21-13-11-18-28(21)24(29)30-25(2,3)4/h14-17,21H,5-13,18H2,1-4H3/t21-/m1/s1. The van der Waals surface area contributed by atoms with Gasteiger partial charge in [0.05, 0.1) is 0 Å². The molecular formula is C25H37N3O3. The summed E-state index contributed by atoms with van der Waals surface area (Å²) in [6.45, 7) is 8.51. The van der Waals surface area contributed by atoms with Crippen molar-refractivity contribution in [1.82, 2.24) is 15.0 Å². The lowest BCUT2D eigenvalue weighted by atomic mass is 10.0. The zero-order chi connectivity index (χ0) is 22.3. The lowest BCUT2D eigenvalue weighted by Gasteiger charge is -2.26. The third-order valence-corrected chi connectivity index (χ3v) is 5.64. The number of aryl methyl sites for hydroxylation is 1. The molecule has 1 saturated heterocycles. The van der Waals surface area contributed by atoms with Crippen LogP contribution in [0.2, 0.25) is 0 Å². The third-order valence-electron chi connectivity index (χ3n) is 5.64. The normalized spacial score (nSPS) is 16.6. The average Bonchev–Trinajstić information content (AvgIpc) is 3.39. The Bertz CT molecular complexity index is 823. The highest BCUT2D eigenvalue weighted by Gasteiger charge is 2.36. The Balaban J connectivity index is 1.57. The number of aromatic nitrogens is 2. The SMILES string of the molecule is CCCCCCCCc1ccc(-c2noc([C@H]3CCCN3C(=O)OC(C)(C)C)n2)cc1. The van der Waals surface area contributed by atoms with E-state index < -0.39 is 5.60 Å². The van der Waals surface area contributed by atoms with E-state index in [2.05, 4.69) is 41.3 Å². The molecule has 0 radical (unpaired) electrons. The maximum atomic E-state index is 12.5. The van der Waals surface area contributed by atoms with Crippen molar-refractivity contribution in [2.75, 3.05) is 6.54 Å². The van der Waals surface area contributed by atoms with E-state index in [9.17, 15) is 4.79 Å². The van der Waals surface area contributed by atoms with E-state index in [1.165, 1.54) is 44.1 Å². The van der Waals surface area contributed by atoms with E-state index >= 15 is 0 Å². The first kappa shape index (κ1) is 23.3. The van der Waals surface area contributed by atoms with Gasteiger partial charge in [0.1, 0.15) is 11.6 Å². The molecule has 2 heterocycles. The van der Waals surface area contributed by atoms with Gasteiger partial charge in [-0.15, -0.1) is 0 Å².